The number of aryl methyl sites for hydroxylation is 1. The van der Waals surface area contributed by atoms with Gasteiger partial charge < -0.3 is 9.47 Å². The van der Waals surface area contributed by atoms with Crippen LogP contribution in [-0.4, -0.2) is 40.5 Å². The molecule has 0 fully saturated rings. The van der Waals surface area contributed by atoms with Crippen LogP contribution in [0.25, 0.3) is 0 Å². The summed E-state index contributed by atoms with van der Waals surface area (Å²) in [7, 11) is 3.77. The van der Waals surface area contributed by atoms with Gasteiger partial charge in [-0.3, -0.25) is 10.1 Å². The summed E-state index contributed by atoms with van der Waals surface area (Å²) in [6.07, 6.45) is 3.69. The van der Waals surface area contributed by atoms with Crippen molar-refractivity contribution in [2.24, 2.45) is 7.05 Å². The summed E-state index contributed by atoms with van der Waals surface area (Å²) in [5, 5.41) is 5.35. The van der Waals surface area contributed by atoms with Crippen molar-refractivity contribution in [3.8, 4) is 0 Å². The number of nitrogens with one attached hydrogen (secondary N) is 1. The van der Waals surface area contributed by atoms with Crippen molar-refractivity contribution < 1.29 is 4.79 Å². The Labute approximate surface area is 123 Å². The highest BCUT2D eigenvalue weighted by Crippen LogP contribution is 2.24. The highest BCUT2D eigenvalue weighted by Gasteiger charge is 2.20. The first-order valence-electron chi connectivity index (χ1n) is 6.61. The third-order valence-corrected chi connectivity index (χ3v) is 4.24. The second-order valence-electron chi connectivity index (χ2n) is 4.63. The van der Waals surface area contributed by atoms with Crippen LogP contribution in [0.4, 0.5) is 0 Å². The normalized spacial score (nSPS) is 12.3. The van der Waals surface area contributed by atoms with Crippen molar-refractivity contribution >= 4 is 17.2 Å². The molecule has 0 aliphatic heterocycles. The predicted molar refractivity (Wildman–Crippen MR) is 80.7 cm³/mol. The van der Waals surface area contributed by atoms with Gasteiger partial charge in [0.15, 0.2) is 0 Å². The minimum absolute atomic E-state index is 0.0517. The maximum atomic E-state index is 11.9. The van der Waals surface area contributed by atoms with E-state index in [1.165, 1.54) is 0 Å². The molecule has 2 heterocycles. The number of carbonyl (C=O) groups excluding carboxylic acids is 1. The molecule has 0 aliphatic rings. The highest BCUT2D eigenvalue weighted by atomic mass is 32.1. The van der Waals surface area contributed by atoms with E-state index in [0.29, 0.717) is 13.1 Å². The van der Waals surface area contributed by atoms with Gasteiger partial charge in [0.25, 0.3) is 0 Å². The lowest BCUT2D eigenvalue weighted by atomic mass is 10.2. The molecule has 0 bridgehead atoms. The van der Waals surface area contributed by atoms with Crippen molar-refractivity contribution in [3.63, 3.8) is 0 Å². The topological polar surface area (TPSA) is 50.2 Å². The molecule has 108 valence electrons. The Morgan fingerprint density at radius 2 is 2.40 bits per heavy atom. The Hall–Kier alpha value is -1.66. The number of hydrogen-bond donors (Lipinski definition) is 1. The average Bonchev–Trinajstić information content (AvgIpc) is 3.10. The van der Waals surface area contributed by atoms with Gasteiger partial charge in [-0.2, -0.15) is 0 Å². The Bertz CT molecular complexity index is 549. The molecule has 2 rings (SSSR count). The van der Waals surface area contributed by atoms with Gasteiger partial charge in [0.1, 0.15) is 11.9 Å². The summed E-state index contributed by atoms with van der Waals surface area (Å²) < 4.78 is 1.98. The van der Waals surface area contributed by atoms with E-state index in [4.69, 9.17) is 0 Å². The summed E-state index contributed by atoms with van der Waals surface area (Å²) in [6, 6.07) is 4.02. The second-order valence-corrected chi connectivity index (χ2v) is 5.61. The third kappa shape index (κ3) is 3.26. The maximum absolute atomic E-state index is 11.9. The molecular formula is C14H20N4OS. The van der Waals surface area contributed by atoms with Crippen LogP contribution >= 0.6 is 11.3 Å². The molecule has 0 aliphatic carbocycles. The molecule has 1 amide bonds. The zero-order valence-electron chi connectivity index (χ0n) is 12.0. The van der Waals surface area contributed by atoms with Crippen LogP contribution in [0.2, 0.25) is 0 Å². The van der Waals surface area contributed by atoms with Gasteiger partial charge in [-0.05, 0) is 18.4 Å². The summed E-state index contributed by atoms with van der Waals surface area (Å²) >= 11 is 1.66. The van der Waals surface area contributed by atoms with Gasteiger partial charge in [-0.1, -0.05) is 6.07 Å². The summed E-state index contributed by atoms with van der Waals surface area (Å²) in [4.78, 5) is 19.2. The number of thiophene rings is 1. The first kappa shape index (κ1) is 14.7. The fraction of sp³-hybridized carbons (Fsp3) is 0.429. The molecule has 0 saturated heterocycles. The van der Waals surface area contributed by atoms with Gasteiger partial charge in [-0.25, -0.2) is 4.98 Å². The number of rotatable bonds is 6. The number of likely N-dealkylation sites (N-methyl/N-ethyl adjacent to an activating group) is 1. The Morgan fingerprint density at radius 1 is 1.60 bits per heavy atom. The summed E-state index contributed by atoms with van der Waals surface area (Å²) in [6.45, 7) is 2.99. The van der Waals surface area contributed by atoms with E-state index >= 15 is 0 Å². The van der Waals surface area contributed by atoms with Gasteiger partial charge >= 0.3 is 0 Å². The molecular weight excluding hydrogens is 272 g/mol. The molecule has 0 aromatic carbocycles. The molecule has 0 spiro atoms. The first-order valence-corrected chi connectivity index (χ1v) is 7.49. The SMILES string of the molecule is CCN(C)C(=O)CNC(c1cccs1)c1nccn1C. The van der Waals surface area contributed by atoms with Gasteiger partial charge in [0.2, 0.25) is 5.91 Å². The molecule has 0 radical (unpaired) electrons. The molecule has 6 heteroatoms. The molecule has 2 aromatic heterocycles. The van der Waals surface area contributed by atoms with Crippen molar-refractivity contribution in [2.75, 3.05) is 20.1 Å². The number of hydrogen-bond acceptors (Lipinski definition) is 4. The Morgan fingerprint density at radius 3 is 2.95 bits per heavy atom. The molecule has 5 nitrogen and oxygen atoms in total. The second kappa shape index (κ2) is 6.67. The minimum Gasteiger partial charge on any atom is -0.345 e. The molecule has 1 unspecified atom stereocenters. The van der Waals surface area contributed by atoms with Crippen LogP contribution in [0.1, 0.15) is 23.7 Å². The van der Waals surface area contributed by atoms with Crippen LogP contribution in [0.5, 0.6) is 0 Å². The zero-order chi connectivity index (χ0) is 14.5. The van der Waals surface area contributed by atoms with E-state index in [0.717, 1.165) is 10.7 Å². The lowest BCUT2D eigenvalue weighted by molar-refractivity contribution is -0.128. The van der Waals surface area contributed by atoms with E-state index in [9.17, 15) is 4.79 Å². The largest absolute Gasteiger partial charge is 0.345 e. The zero-order valence-corrected chi connectivity index (χ0v) is 12.9. The van der Waals surface area contributed by atoms with Crippen molar-refractivity contribution in [1.82, 2.24) is 19.8 Å². The average molecular weight is 292 g/mol. The Kier molecular flexibility index (Phi) is 4.92. The highest BCUT2D eigenvalue weighted by molar-refractivity contribution is 7.10. The number of aromatic nitrogens is 2. The third-order valence-electron chi connectivity index (χ3n) is 3.30. The van der Waals surface area contributed by atoms with Gasteiger partial charge in [-0.15, -0.1) is 11.3 Å². The number of nitrogens with zero attached hydrogens (tertiary/aromatic N) is 3. The summed E-state index contributed by atoms with van der Waals surface area (Å²) in [5.74, 6) is 1.00. The van der Waals surface area contributed by atoms with E-state index in [2.05, 4.69) is 16.4 Å². The van der Waals surface area contributed by atoms with Crippen molar-refractivity contribution in [1.29, 1.82) is 0 Å². The van der Waals surface area contributed by atoms with Crippen LogP contribution in [-0.2, 0) is 11.8 Å². The van der Waals surface area contributed by atoms with Gasteiger partial charge in [0.05, 0.1) is 6.54 Å². The molecule has 0 saturated carbocycles. The molecule has 1 N–H and O–H groups in total. The smallest absolute Gasteiger partial charge is 0.236 e. The summed E-state index contributed by atoms with van der Waals surface area (Å²) in [5.41, 5.74) is 0. The van der Waals surface area contributed by atoms with E-state index in [1.807, 2.05) is 43.2 Å². The first-order chi connectivity index (χ1) is 9.63. The van der Waals surface area contributed by atoms with E-state index in [1.54, 1.807) is 22.4 Å². The molecule has 1 atom stereocenters. The van der Waals surface area contributed by atoms with Crippen LogP contribution in [0.3, 0.4) is 0 Å². The number of carbonyl (C=O) groups is 1. The van der Waals surface area contributed by atoms with E-state index < -0.39 is 0 Å². The lowest BCUT2D eigenvalue weighted by Gasteiger charge is -2.20. The van der Waals surface area contributed by atoms with Crippen molar-refractivity contribution in [2.45, 2.75) is 13.0 Å². The lowest BCUT2D eigenvalue weighted by Crippen LogP contribution is -2.37. The standard InChI is InChI=1S/C14H20N4OS/c1-4-17(2)12(19)10-16-13(11-6-5-9-20-11)14-15-7-8-18(14)3/h5-9,13,16H,4,10H2,1-3H3. The minimum atomic E-state index is -0.0517. The fourth-order valence-electron chi connectivity index (χ4n) is 1.93. The van der Waals surface area contributed by atoms with Crippen LogP contribution in [0.15, 0.2) is 29.9 Å². The predicted octanol–water partition coefficient (Wildman–Crippen LogP) is 1.64. The number of imidazole rings is 1. The molecule has 20 heavy (non-hydrogen) atoms. The maximum Gasteiger partial charge on any atom is 0.236 e. The fourth-order valence-corrected chi connectivity index (χ4v) is 2.73. The van der Waals surface area contributed by atoms with Crippen LogP contribution < -0.4 is 5.32 Å². The van der Waals surface area contributed by atoms with Gasteiger partial charge in [0, 0.05) is 37.9 Å². The van der Waals surface area contributed by atoms with E-state index in [-0.39, 0.29) is 11.9 Å². The molecule has 2 aromatic rings. The number of amides is 1. The monoisotopic (exact) mass is 292 g/mol. The Balaban J connectivity index is 2.13. The quantitative estimate of drug-likeness (QED) is 0.880. The van der Waals surface area contributed by atoms with Crippen LogP contribution in [0, 0.1) is 0 Å². The van der Waals surface area contributed by atoms with Crippen molar-refractivity contribution in [3.05, 3.63) is 40.6 Å².